The van der Waals surface area contributed by atoms with Crippen molar-refractivity contribution in [1.82, 2.24) is 4.90 Å². The largest absolute Gasteiger partial charge is 0.508 e. The Bertz CT molecular complexity index is 612. The van der Waals surface area contributed by atoms with Crippen molar-refractivity contribution in [1.29, 1.82) is 0 Å². The van der Waals surface area contributed by atoms with E-state index < -0.39 is 0 Å². The Balaban J connectivity index is 2.14. The van der Waals surface area contributed by atoms with Gasteiger partial charge in [0.15, 0.2) is 0 Å². The predicted octanol–water partition coefficient (Wildman–Crippen LogP) is 3.19. The first-order chi connectivity index (χ1) is 8.97. The number of carbonyl (C=O) groups is 1. The molecule has 0 fully saturated rings. The minimum atomic E-state index is -0.290. The molecule has 1 heterocycles. The number of halogens is 1. The highest BCUT2D eigenvalue weighted by molar-refractivity contribution is 9.10. The summed E-state index contributed by atoms with van der Waals surface area (Å²) in [7, 11) is 1.67. The van der Waals surface area contributed by atoms with Crippen LogP contribution in [0.2, 0.25) is 0 Å². The fourth-order valence-electron chi connectivity index (χ4n) is 1.65. The summed E-state index contributed by atoms with van der Waals surface area (Å²) < 4.78 is 0.987. The smallest absolute Gasteiger partial charge is 0.257 e. The van der Waals surface area contributed by atoms with Gasteiger partial charge in [-0.25, -0.2) is 0 Å². The van der Waals surface area contributed by atoms with E-state index in [0.717, 1.165) is 15.4 Å². The third-order valence-electron chi connectivity index (χ3n) is 2.57. The van der Waals surface area contributed by atoms with Crippen molar-refractivity contribution in [2.24, 2.45) is 0 Å². The molecule has 2 N–H and O–H groups in total. The van der Waals surface area contributed by atoms with Gasteiger partial charge in [-0.3, -0.25) is 4.79 Å². The van der Waals surface area contributed by atoms with Gasteiger partial charge in [0.1, 0.15) is 11.5 Å². The number of aromatic hydroxyl groups is 2. The molecule has 2 aromatic rings. The molecule has 0 unspecified atom stereocenters. The fourth-order valence-corrected chi connectivity index (χ4v) is 3.15. The van der Waals surface area contributed by atoms with Gasteiger partial charge in [-0.05, 0) is 34.1 Å². The number of phenolic OH excluding ortho intramolecular Hbond substituents is 2. The molecule has 0 aliphatic heterocycles. The zero-order valence-electron chi connectivity index (χ0n) is 10.1. The quantitative estimate of drug-likeness (QED) is 0.901. The van der Waals surface area contributed by atoms with Crippen LogP contribution in [0.25, 0.3) is 0 Å². The molecular formula is C13H12BrNO3S. The van der Waals surface area contributed by atoms with Crippen LogP contribution in [-0.2, 0) is 6.54 Å². The monoisotopic (exact) mass is 341 g/mol. The molecular weight excluding hydrogens is 330 g/mol. The lowest BCUT2D eigenvalue weighted by Crippen LogP contribution is -2.25. The van der Waals surface area contributed by atoms with Crippen LogP contribution in [0, 0.1) is 0 Å². The van der Waals surface area contributed by atoms with Crippen LogP contribution in [-0.4, -0.2) is 28.1 Å². The van der Waals surface area contributed by atoms with Crippen LogP contribution in [0.5, 0.6) is 11.5 Å². The van der Waals surface area contributed by atoms with Crippen LogP contribution in [0.4, 0.5) is 0 Å². The summed E-state index contributed by atoms with van der Waals surface area (Å²) >= 11 is 4.92. The van der Waals surface area contributed by atoms with Gasteiger partial charge in [0.05, 0.1) is 12.1 Å². The molecule has 0 radical (unpaired) electrons. The molecule has 1 amide bonds. The van der Waals surface area contributed by atoms with E-state index in [4.69, 9.17) is 0 Å². The first-order valence-electron chi connectivity index (χ1n) is 5.47. The predicted molar refractivity (Wildman–Crippen MR) is 77.6 cm³/mol. The number of phenols is 2. The Morgan fingerprint density at radius 2 is 2.11 bits per heavy atom. The average Bonchev–Trinajstić information content (AvgIpc) is 2.74. The lowest BCUT2D eigenvalue weighted by Gasteiger charge is -2.17. The van der Waals surface area contributed by atoms with Gasteiger partial charge in [-0.2, -0.15) is 0 Å². The van der Waals surface area contributed by atoms with Gasteiger partial charge in [0.2, 0.25) is 0 Å². The number of nitrogens with zero attached hydrogens (tertiary/aromatic N) is 1. The van der Waals surface area contributed by atoms with Gasteiger partial charge in [0.25, 0.3) is 5.91 Å². The Morgan fingerprint density at radius 1 is 1.37 bits per heavy atom. The van der Waals surface area contributed by atoms with E-state index in [9.17, 15) is 15.0 Å². The van der Waals surface area contributed by atoms with E-state index in [0.29, 0.717) is 6.54 Å². The minimum Gasteiger partial charge on any atom is -0.508 e. The van der Waals surface area contributed by atoms with Crippen molar-refractivity contribution < 1.29 is 15.0 Å². The normalized spacial score (nSPS) is 10.4. The molecule has 100 valence electrons. The molecule has 19 heavy (non-hydrogen) atoms. The van der Waals surface area contributed by atoms with Crippen molar-refractivity contribution in [2.45, 2.75) is 6.54 Å². The maximum absolute atomic E-state index is 12.2. The second kappa shape index (κ2) is 5.63. The maximum atomic E-state index is 12.2. The summed E-state index contributed by atoms with van der Waals surface area (Å²) in [5, 5.41) is 20.8. The van der Waals surface area contributed by atoms with E-state index in [1.807, 2.05) is 11.4 Å². The third-order valence-corrected chi connectivity index (χ3v) is 4.26. The Hall–Kier alpha value is -1.53. The Labute approximate surface area is 123 Å². The van der Waals surface area contributed by atoms with Crippen molar-refractivity contribution in [3.63, 3.8) is 0 Å². The van der Waals surface area contributed by atoms with Crippen LogP contribution >= 0.6 is 27.3 Å². The molecule has 4 nitrogen and oxygen atoms in total. The van der Waals surface area contributed by atoms with Gasteiger partial charge in [0, 0.05) is 27.8 Å². The number of hydrogen-bond acceptors (Lipinski definition) is 4. The first-order valence-corrected chi connectivity index (χ1v) is 7.15. The summed E-state index contributed by atoms with van der Waals surface area (Å²) in [5.74, 6) is -0.579. The number of hydrogen-bond donors (Lipinski definition) is 2. The van der Waals surface area contributed by atoms with Crippen LogP contribution in [0.3, 0.4) is 0 Å². The van der Waals surface area contributed by atoms with Crippen LogP contribution in [0.1, 0.15) is 15.2 Å². The summed E-state index contributed by atoms with van der Waals surface area (Å²) in [5.41, 5.74) is 0.177. The SMILES string of the molecule is CN(Cc1cc(Br)cs1)C(=O)c1ccc(O)cc1O. The molecule has 1 aromatic heterocycles. The molecule has 6 heteroatoms. The molecule has 2 rings (SSSR count). The standard InChI is InChI=1S/C13H12BrNO3S/c1-15(6-10-4-8(14)7-19-10)13(18)11-3-2-9(16)5-12(11)17/h2-5,7,16-17H,6H2,1H3. The van der Waals surface area contributed by atoms with E-state index >= 15 is 0 Å². The highest BCUT2D eigenvalue weighted by Gasteiger charge is 2.16. The topological polar surface area (TPSA) is 60.8 Å². The molecule has 0 saturated carbocycles. The summed E-state index contributed by atoms with van der Waals surface area (Å²) in [4.78, 5) is 14.7. The second-order valence-electron chi connectivity index (χ2n) is 4.09. The van der Waals surface area contributed by atoms with Crippen molar-refractivity contribution in [3.05, 3.63) is 44.6 Å². The number of thiophene rings is 1. The zero-order valence-corrected chi connectivity index (χ0v) is 12.5. The molecule has 0 aliphatic carbocycles. The maximum Gasteiger partial charge on any atom is 0.257 e. The first kappa shape index (κ1) is 13.9. The van der Waals surface area contributed by atoms with Crippen LogP contribution < -0.4 is 0 Å². The Morgan fingerprint density at radius 3 is 2.68 bits per heavy atom. The van der Waals surface area contributed by atoms with Crippen LogP contribution in [0.15, 0.2) is 34.1 Å². The van der Waals surface area contributed by atoms with Gasteiger partial charge in [-0.1, -0.05) is 0 Å². The minimum absolute atomic E-state index is 0.0705. The lowest BCUT2D eigenvalue weighted by atomic mass is 10.1. The van der Waals surface area contributed by atoms with Crippen molar-refractivity contribution in [2.75, 3.05) is 7.05 Å². The van der Waals surface area contributed by atoms with Crippen molar-refractivity contribution in [3.8, 4) is 11.5 Å². The third kappa shape index (κ3) is 3.27. The fraction of sp³-hybridized carbons (Fsp3) is 0.154. The van der Waals surface area contributed by atoms with Gasteiger partial charge < -0.3 is 15.1 Å². The zero-order chi connectivity index (χ0) is 14.0. The lowest BCUT2D eigenvalue weighted by molar-refractivity contribution is 0.0783. The second-order valence-corrected chi connectivity index (χ2v) is 6.01. The van der Waals surface area contributed by atoms with E-state index in [-0.39, 0.29) is 23.0 Å². The molecule has 0 spiro atoms. The number of benzene rings is 1. The highest BCUT2D eigenvalue weighted by atomic mass is 79.9. The number of carbonyl (C=O) groups excluding carboxylic acids is 1. The molecule has 0 aliphatic rings. The highest BCUT2D eigenvalue weighted by Crippen LogP contribution is 2.25. The molecule has 0 saturated heterocycles. The summed E-state index contributed by atoms with van der Waals surface area (Å²) in [6, 6.07) is 5.89. The molecule has 0 bridgehead atoms. The molecule has 0 atom stereocenters. The van der Waals surface area contributed by atoms with E-state index in [2.05, 4.69) is 15.9 Å². The van der Waals surface area contributed by atoms with E-state index in [1.165, 1.54) is 17.0 Å². The summed E-state index contributed by atoms with van der Waals surface area (Å²) in [6.45, 7) is 0.468. The summed E-state index contributed by atoms with van der Waals surface area (Å²) in [6.07, 6.45) is 0. The number of rotatable bonds is 3. The van der Waals surface area contributed by atoms with E-state index in [1.54, 1.807) is 18.4 Å². The molecule has 1 aromatic carbocycles. The van der Waals surface area contributed by atoms with Crippen molar-refractivity contribution >= 4 is 33.2 Å². The Kier molecular flexibility index (Phi) is 4.11. The van der Waals surface area contributed by atoms with Gasteiger partial charge >= 0.3 is 0 Å². The number of amides is 1. The van der Waals surface area contributed by atoms with Gasteiger partial charge in [-0.15, -0.1) is 11.3 Å². The average molecular weight is 342 g/mol.